The molecule has 0 aliphatic carbocycles. The average molecular weight is 290 g/mol. The number of hydrogen-bond acceptors (Lipinski definition) is 4. The Bertz CT molecular complexity index is 530. The Kier molecular flexibility index (Phi) is 2.50. The molecule has 0 aliphatic heterocycles. The van der Waals surface area contributed by atoms with Crippen LogP contribution < -0.4 is 11.5 Å². The van der Waals surface area contributed by atoms with Gasteiger partial charge in [0.1, 0.15) is 11.6 Å². The lowest BCUT2D eigenvalue weighted by atomic mass is 10.3. The van der Waals surface area contributed by atoms with Gasteiger partial charge in [0.25, 0.3) is 0 Å². The zero-order valence-electron chi connectivity index (χ0n) is 7.78. The minimum Gasteiger partial charge on any atom is -0.368 e. The summed E-state index contributed by atoms with van der Waals surface area (Å²) < 4.78 is 27.3. The molecule has 0 fully saturated rings. The molecule has 0 aliphatic rings. The zero-order valence-corrected chi connectivity index (χ0v) is 9.37. The van der Waals surface area contributed by atoms with Gasteiger partial charge in [0.05, 0.1) is 10.2 Å². The van der Waals surface area contributed by atoms with Crippen LogP contribution in [0, 0.1) is 11.6 Å². The van der Waals surface area contributed by atoms with Crippen molar-refractivity contribution in [3.63, 3.8) is 0 Å². The molecule has 8 heteroatoms. The van der Waals surface area contributed by atoms with Gasteiger partial charge in [0, 0.05) is 12.1 Å². The maximum absolute atomic E-state index is 13.2. The number of rotatable bonds is 1. The molecule has 0 radical (unpaired) electrons. The summed E-state index contributed by atoms with van der Waals surface area (Å²) in [6, 6.07) is 2.13. The molecule has 1 aromatic carbocycles. The lowest BCUT2D eigenvalue weighted by Crippen LogP contribution is -2.04. The number of hydrogen-bond donors (Lipinski definition) is 2. The molecule has 0 bridgehead atoms. The molecular formula is C8H6BrF2N5. The van der Waals surface area contributed by atoms with Gasteiger partial charge in [0.2, 0.25) is 11.9 Å². The van der Waals surface area contributed by atoms with E-state index in [1.165, 1.54) is 0 Å². The van der Waals surface area contributed by atoms with E-state index in [-0.39, 0.29) is 22.1 Å². The molecule has 1 heterocycles. The SMILES string of the molecule is Nc1nc(N)n(-c2cc(F)c(Br)c(F)c2)n1. The third kappa shape index (κ3) is 1.71. The number of halogens is 3. The molecule has 1 aromatic heterocycles. The van der Waals surface area contributed by atoms with Crippen LogP contribution in [0.4, 0.5) is 20.7 Å². The van der Waals surface area contributed by atoms with Gasteiger partial charge in [0.15, 0.2) is 0 Å². The van der Waals surface area contributed by atoms with Crippen molar-refractivity contribution in [2.24, 2.45) is 0 Å². The van der Waals surface area contributed by atoms with Crippen molar-refractivity contribution in [3.8, 4) is 5.69 Å². The second-order valence-electron chi connectivity index (χ2n) is 2.96. The van der Waals surface area contributed by atoms with Crippen molar-refractivity contribution in [3.05, 3.63) is 28.2 Å². The van der Waals surface area contributed by atoms with Crippen LogP contribution in [0.1, 0.15) is 0 Å². The van der Waals surface area contributed by atoms with E-state index in [0.717, 1.165) is 16.8 Å². The number of nitrogens with zero attached hydrogens (tertiary/aromatic N) is 3. The lowest BCUT2D eigenvalue weighted by Gasteiger charge is -2.04. The quantitative estimate of drug-likeness (QED) is 0.779. The number of nitrogens with two attached hydrogens (primary N) is 2. The van der Waals surface area contributed by atoms with Gasteiger partial charge in [-0.3, -0.25) is 0 Å². The average Bonchev–Trinajstić information content (AvgIpc) is 2.53. The molecule has 16 heavy (non-hydrogen) atoms. The van der Waals surface area contributed by atoms with Gasteiger partial charge >= 0.3 is 0 Å². The minimum atomic E-state index is -0.761. The summed E-state index contributed by atoms with van der Waals surface area (Å²) in [6.07, 6.45) is 0. The standard InChI is InChI=1S/C8H6BrF2N5/c9-6-4(10)1-3(2-5(6)11)16-8(13)14-7(12)15-16/h1-2H,(H4,12,13,14,15). The molecule has 2 aromatic rings. The Labute approximate surface area is 97.2 Å². The third-order valence-electron chi connectivity index (χ3n) is 1.86. The van der Waals surface area contributed by atoms with Crippen molar-refractivity contribution in [2.75, 3.05) is 11.5 Å². The number of nitrogen functional groups attached to an aromatic ring is 2. The van der Waals surface area contributed by atoms with Crippen LogP contribution >= 0.6 is 15.9 Å². The normalized spacial score (nSPS) is 10.7. The summed E-state index contributed by atoms with van der Waals surface area (Å²) in [6.45, 7) is 0. The van der Waals surface area contributed by atoms with Crippen molar-refractivity contribution in [2.45, 2.75) is 0 Å². The van der Waals surface area contributed by atoms with Gasteiger partial charge in [-0.1, -0.05) is 0 Å². The van der Waals surface area contributed by atoms with Crippen molar-refractivity contribution < 1.29 is 8.78 Å². The van der Waals surface area contributed by atoms with E-state index in [4.69, 9.17) is 11.5 Å². The summed E-state index contributed by atoms with van der Waals surface area (Å²) >= 11 is 2.76. The molecule has 0 spiro atoms. The number of benzene rings is 1. The molecule has 5 nitrogen and oxygen atoms in total. The molecule has 84 valence electrons. The number of aromatic nitrogens is 3. The number of anilines is 2. The van der Waals surface area contributed by atoms with E-state index in [1.54, 1.807) is 0 Å². The maximum Gasteiger partial charge on any atom is 0.241 e. The van der Waals surface area contributed by atoms with E-state index < -0.39 is 11.6 Å². The fraction of sp³-hybridized carbons (Fsp3) is 0. The highest BCUT2D eigenvalue weighted by molar-refractivity contribution is 9.10. The monoisotopic (exact) mass is 289 g/mol. The van der Waals surface area contributed by atoms with Gasteiger partial charge in [-0.05, 0) is 15.9 Å². The topological polar surface area (TPSA) is 82.7 Å². The summed E-state index contributed by atoms with van der Waals surface area (Å²) in [4.78, 5) is 3.62. The van der Waals surface area contributed by atoms with E-state index in [9.17, 15) is 8.78 Å². The molecular weight excluding hydrogens is 284 g/mol. The van der Waals surface area contributed by atoms with Crippen molar-refractivity contribution in [1.82, 2.24) is 14.8 Å². The van der Waals surface area contributed by atoms with Gasteiger partial charge in [-0.15, -0.1) is 5.10 Å². The highest BCUT2D eigenvalue weighted by Crippen LogP contribution is 2.23. The molecule has 4 N–H and O–H groups in total. The van der Waals surface area contributed by atoms with Crippen LogP contribution in [0.5, 0.6) is 0 Å². The van der Waals surface area contributed by atoms with Crippen LogP contribution in [0.2, 0.25) is 0 Å². The Balaban J connectivity index is 2.61. The summed E-state index contributed by atoms with van der Waals surface area (Å²) in [7, 11) is 0. The Morgan fingerprint density at radius 3 is 2.19 bits per heavy atom. The smallest absolute Gasteiger partial charge is 0.241 e. The van der Waals surface area contributed by atoms with E-state index in [2.05, 4.69) is 26.0 Å². The molecule has 0 amide bonds. The molecule has 0 saturated carbocycles. The fourth-order valence-corrected chi connectivity index (χ4v) is 1.42. The highest BCUT2D eigenvalue weighted by atomic mass is 79.9. The van der Waals surface area contributed by atoms with Gasteiger partial charge in [-0.25, -0.2) is 8.78 Å². The van der Waals surface area contributed by atoms with Crippen LogP contribution in [-0.2, 0) is 0 Å². The predicted molar refractivity (Wildman–Crippen MR) is 57.8 cm³/mol. The largest absolute Gasteiger partial charge is 0.368 e. The first kappa shape index (κ1) is 10.8. The molecule has 0 atom stereocenters. The minimum absolute atomic E-state index is 0.0429. The Morgan fingerprint density at radius 2 is 1.75 bits per heavy atom. The summed E-state index contributed by atoms with van der Waals surface area (Å²) in [5.74, 6) is -1.63. The van der Waals surface area contributed by atoms with Crippen LogP contribution in [0.15, 0.2) is 16.6 Å². The second kappa shape index (κ2) is 3.71. The Morgan fingerprint density at radius 1 is 1.19 bits per heavy atom. The van der Waals surface area contributed by atoms with Gasteiger partial charge < -0.3 is 11.5 Å². The van der Waals surface area contributed by atoms with Crippen LogP contribution in [-0.4, -0.2) is 14.8 Å². The van der Waals surface area contributed by atoms with E-state index >= 15 is 0 Å². The summed E-state index contributed by atoms with van der Waals surface area (Å²) in [5.41, 5.74) is 10.9. The zero-order chi connectivity index (χ0) is 11.9. The lowest BCUT2D eigenvalue weighted by molar-refractivity contribution is 0.569. The molecule has 2 rings (SSSR count). The van der Waals surface area contributed by atoms with E-state index in [1.807, 2.05) is 0 Å². The van der Waals surface area contributed by atoms with Crippen molar-refractivity contribution in [1.29, 1.82) is 0 Å². The van der Waals surface area contributed by atoms with Crippen molar-refractivity contribution >= 4 is 27.8 Å². The first-order valence-corrected chi connectivity index (χ1v) is 4.91. The fourth-order valence-electron chi connectivity index (χ4n) is 1.20. The molecule has 0 saturated heterocycles. The second-order valence-corrected chi connectivity index (χ2v) is 3.76. The molecule has 0 unspecified atom stereocenters. The summed E-state index contributed by atoms with van der Waals surface area (Å²) in [5, 5.41) is 3.70. The van der Waals surface area contributed by atoms with E-state index in [0.29, 0.717) is 0 Å². The van der Waals surface area contributed by atoms with Crippen LogP contribution in [0.3, 0.4) is 0 Å². The maximum atomic E-state index is 13.2. The predicted octanol–water partition coefficient (Wildman–Crippen LogP) is 1.47. The van der Waals surface area contributed by atoms with Crippen LogP contribution in [0.25, 0.3) is 5.69 Å². The third-order valence-corrected chi connectivity index (χ3v) is 2.62. The first-order chi connectivity index (χ1) is 7.49. The van der Waals surface area contributed by atoms with Gasteiger partial charge in [-0.2, -0.15) is 9.67 Å². The first-order valence-electron chi connectivity index (χ1n) is 4.12. The highest BCUT2D eigenvalue weighted by Gasteiger charge is 2.12. The Hall–Kier alpha value is -1.70.